The highest BCUT2D eigenvalue weighted by Crippen LogP contribution is 2.46. The summed E-state index contributed by atoms with van der Waals surface area (Å²) in [5.41, 5.74) is 0. The smallest absolute Gasteiger partial charge is 0.381 e. The van der Waals surface area contributed by atoms with Gasteiger partial charge in [0.1, 0.15) is 0 Å². The molecule has 1 unspecified atom stereocenters. The molecule has 15 heavy (non-hydrogen) atoms. The summed E-state index contributed by atoms with van der Waals surface area (Å²) in [6.45, 7) is 0. The Bertz CT molecular complexity index is 347. The van der Waals surface area contributed by atoms with Gasteiger partial charge in [-0.3, -0.25) is 0 Å². The first-order valence-electron chi connectivity index (χ1n) is 3.54. The lowest BCUT2D eigenvalue weighted by molar-refractivity contribution is -0.314. The van der Waals surface area contributed by atoms with Gasteiger partial charge in [0.25, 0.3) is 0 Å². The predicted molar refractivity (Wildman–Crippen MR) is 45.3 cm³/mol. The molecular weight excluding hydrogens is 263 g/mol. The van der Waals surface area contributed by atoms with E-state index in [4.69, 9.17) is 16.7 Å². The van der Waals surface area contributed by atoms with Crippen molar-refractivity contribution in [1.29, 1.82) is 0 Å². The van der Waals surface area contributed by atoms with Crippen LogP contribution < -0.4 is 0 Å². The average molecular weight is 267 g/mol. The van der Waals surface area contributed by atoms with Gasteiger partial charge in [-0.1, -0.05) is 11.6 Å². The second-order valence-corrected chi connectivity index (χ2v) is 4.41. The van der Waals surface area contributed by atoms with Gasteiger partial charge < -0.3 is 5.11 Å². The third kappa shape index (κ3) is 2.40. The first-order valence-corrected chi connectivity index (χ1v) is 4.73. The Morgan fingerprint density at radius 3 is 2.07 bits per heavy atom. The molecule has 0 aromatic carbocycles. The molecule has 0 saturated carbocycles. The Kier molecular flexibility index (Phi) is 3.27. The standard InChI is InChI=1S/C7H4ClF5OS/c8-4-2-1-3(15-4)5(14)6(9,10)7(11,12)13/h1-2,5,14H. The fraction of sp³-hybridized carbons (Fsp3) is 0.429. The van der Waals surface area contributed by atoms with Crippen molar-refractivity contribution in [2.45, 2.75) is 18.2 Å². The number of rotatable bonds is 2. The SMILES string of the molecule is OC(c1ccc(Cl)s1)C(F)(F)C(F)(F)F. The van der Waals surface area contributed by atoms with E-state index in [1.54, 1.807) is 0 Å². The van der Waals surface area contributed by atoms with Crippen molar-refractivity contribution < 1.29 is 27.1 Å². The highest BCUT2D eigenvalue weighted by molar-refractivity contribution is 7.16. The quantitative estimate of drug-likeness (QED) is 0.811. The van der Waals surface area contributed by atoms with Crippen molar-refractivity contribution >= 4 is 22.9 Å². The van der Waals surface area contributed by atoms with Crippen LogP contribution in [-0.4, -0.2) is 17.2 Å². The zero-order valence-corrected chi connectivity index (χ0v) is 8.43. The normalized spacial score (nSPS) is 15.4. The Balaban J connectivity index is 2.99. The number of halogens is 6. The van der Waals surface area contributed by atoms with E-state index in [9.17, 15) is 22.0 Å². The molecule has 0 aliphatic carbocycles. The summed E-state index contributed by atoms with van der Waals surface area (Å²) < 4.78 is 60.8. The molecule has 1 aromatic heterocycles. The van der Waals surface area contributed by atoms with Gasteiger partial charge in [-0.15, -0.1) is 11.3 Å². The van der Waals surface area contributed by atoms with E-state index >= 15 is 0 Å². The van der Waals surface area contributed by atoms with Crippen molar-refractivity contribution in [2.75, 3.05) is 0 Å². The lowest BCUT2D eigenvalue weighted by Gasteiger charge is -2.23. The van der Waals surface area contributed by atoms with E-state index in [-0.39, 0.29) is 4.34 Å². The molecule has 8 heteroatoms. The molecule has 0 spiro atoms. The molecule has 0 fully saturated rings. The van der Waals surface area contributed by atoms with E-state index in [1.807, 2.05) is 0 Å². The van der Waals surface area contributed by atoms with Crippen molar-refractivity contribution in [3.63, 3.8) is 0 Å². The fourth-order valence-corrected chi connectivity index (χ4v) is 1.90. The van der Waals surface area contributed by atoms with Crippen LogP contribution in [0.4, 0.5) is 22.0 Å². The van der Waals surface area contributed by atoms with E-state index in [0.717, 1.165) is 12.1 Å². The van der Waals surface area contributed by atoms with E-state index in [2.05, 4.69) is 0 Å². The Hall–Kier alpha value is -0.400. The minimum absolute atomic E-state index is 0.0297. The summed E-state index contributed by atoms with van der Waals surface area (Å²) in [4.78, 5) is -0.526. The molecule has 1 atom stereocenters. The highest BCUT2D eigenvalue weighted by atomic mass is 35.5. The second kappa shape index (κ2) is 3.88. The molecule has 0 bridgehead atoms. The predicted octanol–water partition coefficient (Wildman–Crippen LogP) is 3.63. The van der Waals surface area contributed by atoms with Crippen LogP contribution in [0.1, 0.15) is 11.0 Å². The lowest BCUT2D eigenvalue weighted by atomic mass is 10.1. The van der Waals surface area contributed by atoms with Crippen LogP contribution in [0.3, 0.4) is 0 Å². The maximum Gasteiger partial charge on any atom is 0.456 e. The summed E-state index contributed by atoms with van der Waals surface area (Å²) >= 11 is 5.82. The number of hydrogen-bond acceptors (Lipinski definition) is 2. The monoisotopic (exact) mass is 266 g/mol. The summed E-state index contributed by atoms with van der Waals surface area (Å²) in [5.74, 6) is -5.18. The van der Waals surface area contributed by atoms with E-state index in [1.165, 1.54) is 0 Å². The van der Waals surface area contributed by atoms with Gasteiger partial charge in [0.2, 0.25) is 0 Å². The van der Waals surface area contributed by atoms with Crippen LogP contribution in [0.2, 0.25) is 4.34 Å². The zero-order chi connectivity index (χ0) is 11.9. The summed E-state index contributed by atoms with van der Waals surface area (Å²) in [7, 11) is 0. The van der Waals surface area contributed by atoms with Gasteiger partial charge >= 0.3 is 12.1 Å². The first kappa shape index (κ1) is 12.7. The minimum Gasteiger partial charge on any atom is -0.381 e. The highest BCUT2D eigenvalue weighted by Gasteiger charge is 2.62. The van der Waals surface area contributed by atoms with Crippen molar-refractivity contribution in [3.8, 4) is 0 Å². The average Bonchev–Trinajstić information content (AvgIpc) is 2.48. The fourth-order valence-electron chi connectivity index (χ4n) is 0.809. The Morgan fingerprint density at radius 2 is 1.73 bits per heavy atom. The second-order valence-electron chi connectivity index (χ2n) is 2.67. The van der Waals surface area contributed by atoms with Crippen LogP contribution in [0.15, 0.2) is 12.1 Å². The molecule has 1 aromatic rings. The molecule has 0 saturated heterocycles. The third-order valence-electron chi connectivity index (χ3n) is 1.58. The Labute approximate surface area is 90.1 Å². The summed E-state index contributed by atoms with van der Waals surface area (Å²) in [6.07, 6.45) is -8.71. The molecule has 0 radical (unpaired) electrons. The number of thiophene rings is 1. The molecule has 1 N–H and O–H groups in total. The molecule has 1 heterocycles. The maximum absolute atomic E-state index is 12.6. The molecular formula is C7H4ClF5OS. The maximum atomic E-state index is 12.6. The van der Waals surface area contributed by atoms with Crippen LogP contribution in [-0.2, 0) is 0 Å². The number of aliphatic hydroxyl groups excluding tert-OH is 1. The molecule has 86 valence electrons. The van der Waals surface area contributed by atoms with Gasteiger partial charge in [0, 0.05) is 4.88 Å². The van der Waals surface area contributed by atoms with Gasteiger partial charge in [0.15, 0.2) is 6.10 Å². The van der Waals surface area contributed by atoms with Crippen LogP contribution in [0, 0.1) is 0 Å². The van der Waals surface area contributed by atoms with Crippen molar-refractivity contribution in [2.24, 2.45) is 0 Å². The van der Waals surface area contributed by atoms with Crippen LogP contribution in [0.5, 0.6) is 0 Å². The third-order valence-corrected chi connectivity index (χ3v) is 2.87. The van der Waals surface area contributed by atoms with Gasteiger partial charge in [0.05, 0.1) is 4.34 Å². The summed E-state index contributed by atoms with van der Waals surface area (Å²) in [5, 5.41) is 8.88. The number of hydrogen-bond donors (Lipinski definition) is 1. The minimum atomic E-state index is -5.79. The van der Waals surface area contributed by atoms with Crippen molar-refractivity contribution in [3.05, 3.63) is 21.3 Å². The molecule has 1 rings (SSSR count). The zero-order valence-electron chi connectivity index (χ0n) is 6.86. The summed E-state index contributed by atoms with van der Waals surface area (Å²) in [6, 6.07) is 2.06. The Morgan fingerprint density at radius 1 is 1.20 bits per heavy atom. The topological polar surface area (TPSA) is 20.2 Å². The van der Waals surface area contributed by atoms with Crippen LogP contribution >= 0.6 is 22.9 Å². The van der Waals surface area contributed by atoms with Gasteiger partial charge in [-0.05, 0) is 12.1 Å². The molecule has 0 aliphatic rings. The molecule has 0 amide bonds. The molecule has 0 aliphatic heterocycles. The number of aliphatic hydroxyl groups is 1. The molecule has 1 nitrogen and oxygen atoms in total. The first-order chi connectivity index (χ1) is 6.66. The van der Waals surface area contributed by atoms with Crippen LogP contribution in [0.25, 0.3) is 0 Å². The number of alkyl halides is 5. The van der Waals surface area contributed by atoms with E-state index < -0.39 is 23.1 Å². The van der Waals surface area contributed by atoms with Gasteiger partial charge in [-0.25, -0.2) is 0 Å². The van der Waals surface area contributed by atoms with Gasteiger partial charge in [-0.2, -0.15) is 22.0 Å². The lowest BCUT2D eigenvalue weighted by Crippen LogP contribution is -2.41. The van der Waals surface area contributed by atoms with Crippen molar-refractivity contribution in [1.82, 2.24) is 0 Å². The van der Waals surface area contributed by atoms with E-state index in [0.29, 0.717) is 11.3 Å². The largest absolute Gasteiger partial charge is 0.456 e.